The van der Waals surface area contributed by atoms with Crippen LogP contribution < -0.4 is 0 Å². The molecule has 0 radical (unpaired) electrons. The van der Waals surface area contributed by atoms with E-state index in [-0.39, 0.29) is 6.04 Å². The molecule has 1 aliphatic heterocycles. The first-order chi connectivity index (χ1) is 5.33. The molecule has 1 rings (SSSR count). The molecule has 0 aromatic carbocycles. The van der Waals surface area contributed by atoms with E-state index in [9.17, 15) is 0 Å². The molecule has 0 amide bonds. The van der Waals surface area contributed by atoms with E-state index in [1.54, 1.807) is 0 Å². The Hall–Kier alpha value is -0.550. The summed E-state index contributed by atoms with van der Waals surface area (Å²) in [5, 5.41) is 0. The Morgan fingerprint density at radius 1 is 1.45 bits per heavy atom. The van der Waals surface area contributed by atoms with Gasteiger partial charge in [-0.3, -0.25) is 0 Å². The third kappa shape index (κ3) is 2.90. The maximum absolute atomic E-state index is 6.79. The molecule has 0 saturated carbocycles. The van der Waals surface area contributed by atoms with Crippen molar-refractivity contribution in [3.05, 3.63) is 11.4 Å². The minimum atomic E-state index is 0.218. The van der Waals surface area contributed by atoms with Crippen LogP contribution in [0, 0.1) is 6.57 Å². The molecule has 2 heteroatoms. The molecule has 2 nitrogen and oxygen atoms in total. The van der Waals surface area contributed by atoms with Gasteiger partial charge in [-0.15, -0.1) is 0 Å². The summed E-state index contributed by atoms with van der Waals surface area (Å²) >= 11 is 0. The standard InChI is InChI=1S/C9H16N2/c1-9(10-2)5-8-11-6-3-4-7-11/h9H,3-8H2,1H3. The zero-order valence-corrected chi connectivity index (χ0v) is 7.21. The zero-order chi connectivity index (χ0) is 8.10. The van der Waals surface area contributed by atoms with Crippen LogP contribution in [0.3, 0.4) is 0 Å². The van der Waals surface area contributed by atoms with Gasteiger partial charge >= 0.3 is 0 Å². The van der Waals surface area contributed by atoms with Gasteiger partial charge in [-0.05, 0) is 25.9 Å². The van der Waals surface area contributed by atoms with Gasteiger partial charge in [0.05, 0.1) is 0 Å². The van der Waals surface area contributed by atoms with Crippen LogP contribution >= 0.6 is 0 Å². The number of likely N-dealkylation sites (tertiary alicyclic amines) is 1. The van der Waals surface area contributed by atoms with Gasteiger partial charge in [-0.25, -0.2) is 6.57 Å². The first kappa shape index (κ1) is 8.55. The van der Waals surface area contributed by atoms with Gasteiger partial charge in [0, 0.05) is 19.9 Å². The molecule has 0 aromatic rings. The normalized spacial score (nSPS) is 21.5. The SMILES string of the molecule is [C-]#[N+]C(C)CCN1CCCC1. The van der Waals surface area contributed by atoms with Crippen molar-refractivity contribution in [2.75, 3.05) is 19.6 Å². The summed E-state index contributed by atoms with van der Waals surface area (Å²) in [7, 11) is 0. The quantitative estimate of drug-likeness (QED) is 0.559. The summed E-state index contributed by atoms with van der Waals surface area (Å²) in [5.41, 5.74) is 0. The summed E-state index contributed by atoms with van der Waals surface area (Å²) < 4.78 is 0. The highest BCUT2D eigenvalue weighted by Gasteiger charge is 2.13. The monoisotopic (exact) mass is 152 g/mol. The van der Waals surface area contributed by atoms with Crippen LogP contribution in [0.15, 0.2) is 0 Å². The van der Waals surface area contributed by atoms with Crippen LogP contribution in [0.4, 0.5) is 0 Å². The molecule has 0 aliphatic carbocycles. The summed E-state index contributed by atoms with van der Waals surface area (Å²) in [6.07, 6.45) is 3.75. The predicted molar refractivity (Wildman–Crippen MR) is 46.4 cm³/mol. The van der Waals surface area contributed by atoms with Crippen molar-refractivity contribution in [2.45, 2.75) is 32.2 Å². The number of hydrogen-bond donors (Lipinski definition) is 0. The topological polar surface area (TPSA) is 7.60 Å². The number of hydrogen-bond acceptors (Lipinski definition) is 1. The van der Waals surface area contributed by atoms with Gasteiger partial charge in [0.25, 0.3) is 0 Å². The number of rotatable bonds is 3. The maximum Gasteiger partial charge on any atom is 0.222 e. The third-order valence-electron chi connectivity index (χ3n) is 2.28. The second-order valence-corrected chi connectivity index (χ2v) is 3.32. The van der Waals surface area contributed by atoms with Gasteiger partial charge in [0.15, 0.2) is 0 Å². The molecular weight excluding hydrogens is 136 g/mol. The van der Waals surface area contributed by atoms with Gasteiger partial charge in [0.1, 0.15) is 0 Å². The minimum Gasteiger partial charge on any atom is -0.314 e. The molecule has 1 atom stereocenters. The first-order valence-corrected chi connectivity index (χ1v) is 4.42. The maximum atomic E-state index is 6.79. The Labute approximate surface area is 69.0 Å². The molecule has 1 heterocycles. The van der Waals surface area contributed by atoms with Crippen molar-refractivity contribution in [3.8, 4) is 0 Å². The zero-order valence-electron chi connectivity index (χ0n) is 7.21. The fourth-order valence-corrected chi connectivity index (χ4v) is 1.44. The van der Waals surface area contributed by atoms with E-state index in [2.05, 4.69) is 9.74 Å². The molecule has 0 spiro atoms. The number of nitrogens with zero attached hydrogens (tertiary/aromatic N) is 2. The van der Waals surface area contributed by atoms with E-state index in [1.165, 1.54) is 25.9 Å². The predicted octanol–water partition coefficient (Wildman–Crippen LogP) is 1.78. The Morgan fingerprint density at radius 2 is 2.09 bits per heavy atom. The fourth-order valence-electron chi connectivity index (χ4n) is 1.44. The second kappa shape index (κ2) is 4.35. The lowest BCUT2D eigenvalue weighted by Crippen LogP contribution is -2.22. The molecule has 1 saturated heterocycles. The lowest BCUT2D eigenvalue weighted by molar-refractivity contribution is 0.330. The van der Waals surface area contributed by atoms with Gasteiger partial charge in [-0.2, -0.15) is 0 Å². The summed E-state index contributed by atoms with van der Waals surface area (Å²) in [6, 6.07) is 0.218. The Balaban J connectivity index is 2.07. The average Bonchev–Trinajstić information content (AvgIpc) is 2.52. The molecule has 1 unspecified atom stereocenters. The molecule has 62 valence electrons. The lowest BCUT2D eigenvalue weighted by Gasteiger charge is -2.13. The van der Waals surface area contributed by atoms with E-state index >= 15 is 0 Å². The van der Waals surface area contributed by atoms with Crippen LogP contribution in [-0.2, 0) is 0 Å². The van der Waals surface area contributed by atoms with E-state index in [1.807, 2.05) is 6.92 Å². The second-order valence-electron chi connectivity index (χ2n) is 3.32. The lowest BCUT2D eigenvalue weighted by atomic mass is 10.2. The van der Waals surface area contributed by atoms with Crippen molar-refractivity contribution >= 4 is 0 Å². The Bertz CT molecular complexity index is 142. The van der Waals surface area contributed by atoms with Crippen molar-refractivity contribution in [2.24, 2.45) is 0 Å². The highest BCUT2D eigenvalue weighted by atomic mass is 15.1. The molecule has 0 N–H and O–H groups in total. The highest BCUT2D eigenvalue weighted by molar-refractivity contribution is 4.75. The summed E-state index contributed by atoms with van der Waals surface area (Å²) in [4.78, 5) is 5.93. The molecule has 11 heavy (non-hydrogen) atoms. The van der Waals surface area contributed by atoms with Crippen LogP contribution in [0.1, 0.15) is 26.2 Å². The van der Waals surface area contributed by atoms with E-state index in [4.69, 9.17) is 6.57 Å². The van der Waals surface area contributed by atoms with Crippen molar-refractivity contribution < 1.29 is 0 Å². The Morgan fingerprint density at radius 3 is 2.64 bits per heavy atom. The third-order valence-corrected chi connectivity index (χ3v) is 2.28. The van der Waals surface area contributed by atoms with Crippen LogP contribution in [0.2, 0.25) is 0 Å². The molecular formula is C9H16N2. The van der Waals surface area contributed by atoms with Crippen molar-refractivity contribution in [1.29, 1.82) is 0 Å². The van der Waals surface area contributed by atoms with Gasteiger partial charge in [0.2, 0.25) is 6.04 Å². The minimum absolute atomic E-state index is 0.218. The Kier molecular flexibility index (Phi) is 3.38. The van der Waals surface area contributed by atoms with Crippen molar-refractivity contribution in [3.63, 3.8) is 0 Å². The smallest absolute Gasteiger partial charge is 0.222 e. The highest BCUT2D eigenvalue weighted by Crippen LogP contribution is 2.08. The van der Waals surface area contributed by atoms with E-state index in [0.29, 0.717) is 0 Å². The fraction of sp³-hybridized carbons (Fsp3) is 0.889. The van der Waals surface area contributed by atoms with Crippen LogP contribution in [0.5, 0.6) is 0 Å². The van der Waals surface area contributed by atoms with E-state index < -0.39 is 0 Å². The van der Waals surface area contributed by atoms with Gasteiger partial charge < -0.3 is 9.74 Å². The largest absolute Gasteiger partial charge is 0.314 e. The first-order valence-electron chi connectivity index (χ1n) is 4.42. The van der Waals surface area contributed by atoms with E-state index in [0.717, 1.165) is 13.0 Å². The van der Waals surface area contributed by atoms with Crippen LogP contribution in [-0.4, -0.2) is 30.6 Å². The summed E-state index contributed by atoms with van der Waals surface area (Å²) in [6.45, 7) is 12.4. The molecule has 0 bridgehead atoms. The van der Waals surface area contributed by atoms with Crippen LogP contribution in [0.25, 0.3) is 4.85 Å². The van der Waals surface area contributed by atoms with Crippen molar-refractivity contribution in [1.82, 2.24) is 4.90 Å². The van der Waals surface area contributed by atoms with Gasteiger partial charge in [-0.1, -0.05) is 0 Å². The summed E-state index contributed by atoms with van der Waals surface area (Å²) in [5.74, 6) is 0. The average molecular weight is 152 g/mol. The molecule has 1 aliphatic rings. The molecule has 1 fully saturated rings. The molecule has 0 aromatic heterocycles.